The van der Waals surface area contributed by atoms with Crippen LogP contribution >= 0.6 is 0 Å². The molecule has 2 aliphatic heterocycles. The number of hydrogen-bond acceptors (Lipinski definition) is 6. The van der Waals surface area contributed by atoms with E-state index in [1.54, 1.807) is 0 Å². The molecule has 0 amide bonds. The molecule has 1 aliphatic carbocycles. The van der Waals surface area contributed by atoms with Crippen LogP contribution in [0.15, 0.2) is 95.2 Å². The van der Waals surface area contributed by atoms with Gasteiger partial charge in [-0.25, -0.2) is 9.98 Å². The molecule has 0 saturated heterocycles. The average Bonchev–Trinajstić information content (AvgIpc) is 3.67. The number of aliphatic imine (C=N–C) groups is 2. The van der Waals surface area contributed by atoms with Crippen molar-refractivity contribution in [3.8, 4) is 33.4 Å². The van der Waals surface area contributed by atoms with Crippen LogP contribution < -0.4 is 0 Å². The summed E-state index contributed by atoms with van der Waals surface area (Å²) in [6.45, 7) is 14.1. The SMILES string of the molecule is CC1(C)COC(c2ccc(-c3ccc4c(c3)C(C)(C)c3cc(-c5ccc(C6=NC(C)(C)CO6)nc5)c5ccccc5c3-4)cn2)=N1. The number of aromatic nitrogens is 2. The fourth-order valence-corrected chi connectivity index (χ4v) is 6.80. The largest absolute Gasteiger partial charge is 0.474 e. The molecule has 0 atom stereocenters. The lowest BCUT2D eigenvalue weighted by molar-refractivity contribution is 0.279. The van der Waals surface area contributed by atoms with Gasteiger partial charge in [-0.2, -0.15) is 0 Å². The lowest BCUT2D eigenvalue weighted by Crippen LogP contribution is -2.17. The molecule has 6 nitrogen and oxygen atoms in total. The van der Waals surface area contributed by atoms with Crippen LogP contribution in [0.3, 0.4) is 0 Å². The summed E-state index contributed by atoms with van der Waals surface area (Å²) >= 11 is 0. The Hall–Kier alpha value is -4.84. The topological polar surface area (TPSA) is 69.0 Å². The first-order valence-corrected chi connectivity index (χ1v) is 15.6. The van der Waals surface area contributed by atoms with E-state index in [9.17, 15) is 0 Å². The highest BCUT2D eigenvalue weighted by Gasteiger charge is 2.38. The van der Waals surface area contributed by atoms with Crippen molar-refractivity contribution in [3.05, 3.63) is 108 Å². The van der Waals surface area contributed by atoms with E-state index in [0.29, 0.717) is 25.0 Å². The van der Waals surface area contributed by atoms with Crippen molar-refractivity contribution >= 4 is 22.6 Å². The van der Waals surface area contributed by atoms with Gasteiger partial charge < -0.3 is 9.47 Å². The minimum Gasteiger partial charge on any atom is -0.474 e. The Morgan fingerprint density at radius 3 is 1.69 bits per heavy atom. The number of pyridine rings is 2. The molecule has 3 aliphatic rings. The summed E-state index contributed by atoms with van der Waals surface area (Å²) in [5, 5.41) is 2.47. The van der Waals surface area contributed by atoms with Crippen molar-refractivity contribution in [1.82, 2.24) is 9.97 Å². The Bertz CT molecular complexity index is 2070. The minimum absolute atomic E-state index is 0.198. The van der Waals surface area contributed by atoms with Crippen molar-refractivity contribution in [3.63, 3.8) is 0 Å². The maximum absolute atomic E-state index is 5.84. The van der Waals surface area contributed by atoms with Crippen LogP contribution in [0.1, 0.15) is 64.1 Å². The van der Waals surface area contributed by atoms with Gasteiger partial charge >= 0.3 is 0 Å². The molecule has 0 saturated carbocycles. The summed E-state index contributed by atoms with van der Waals surface area (Å²) in [6.07, 6.45) is 3.88. The van der Waals surface area contributed by atoms with E-state index >= 15 is 0 Å². The maximum atomic E-state index is 5.84. The summed E-state index contributed by atoms with van der Waals surface area (Å²) < 4.78 is 11.7. The second kappa shape index (κ2) is 9.58. The predicted molar refractivity (Wildman–Crippen MR) is 181 cm³/mol. The van der Waals surface area contributed by atoms with Crippen molar-refractivity contribution in [2.45, 2.75) is 58.0 Å². The molecule has 45 heavy (non-hydrogen) atoms. The van der Waals surface area contributed by atoms with Gasteiger partial charge in [0.1, 0.15) is 24.6 Å². The van der Waals surface area contributed by atoms with Gasteiger partial charge in [0, 0.05) is 28.9 Å². The second-order valence-electron chi connectivity index (χ2n) is 14.2. The highest BCUT2D eigenvalue weighted by atomic mass is 16.5. The van der Waals surface area contributed by atoms with E-state index in [0.717, 1.165) is 28.1 Å². The monoisotopic (exact) mass is 592 g/mol. The van der Waals surface area contributed by atoms with Crippen molar-refractivity contribution < 1.29 is 9.47 Å². The molecule has 2 aromatic heterocycles. The number of ether oxygens (including phenoxy) is 2. The molecule has 6 heteroatoms. The Balaban J connectivity index is 1.19. The normalized spacial score (nSPS) is 18.5. The third kappa shape index (κ3) is 4.54. The lowest BCUT2D eigenvalue weighted by atomic mass is 9.80. The molecule has 5 aromatic rings. The van der Waals surface area contributed by atoms with E-state index in [-0.39, 0.29) is 16.5 Å². The first kappa shape index (κ1) is 27.7. The fourth-order valence-electron chi connectivity index (χ4n) is 6.80. The number of hydrogen-bond donors (Lipinski definition) is 0. The molecule has 0 N–H and O–H groups in total. The number of rotatable bonds is 4. The van der Waals surface area contributed by atoms with Crippen LogP contribution in [0.4, 0.5) is 0 Å². The quantitative estimate of drug-likeness (QED) is 0.210. The summed E-state index contributed by atoms with van der Waals surface area (Å²) in [6, 6.07) is 26.2. The first-order valence-electron chi connectivity index (χ1n) is 15.6. The molecule has 0 radical (unpaired) electrons. The third-order valence-electron chi connectivity index (χ3n) is 9.22. The van der Waals surface area contributed by atoms with Gasteiger partial charge in [0.2, 0.25) is 11.8 Å². The van der Waals surface area contributed by atoms with Gasteiger partial charge in [-0.1, -0.05) is 62.4 Å². The zero-order chi connectivity index (χ0) is 31.1. The minimum atomic E-state index is -0.219. The number of fused-ring (bicyclic) bond motifs is 5. The van der Waals surface area contributed by atoms with Crippen LogP contribution in [-0.2, 0) is 14.9 Å². The Morgan fingerprint density at radius 2 is 1.13 bits per heavy atom. The zero-order valence-corrected chi connectivity index (χ0v) is 26.6. The smallest absolute Gasteiger partial charge is 0.236 e. The molecule has 4 heterocycles. The zero-order valence-electron chi connectivity index (χ0n) is 26.6. The van der Waals surface area contributed by atoms with E-state index in [2.05, 4.69) is 107 Å². The number of nitrogens with zero attached hydrogens (tertiary/aromatic N) is 4. The van der Waals surface area contributed by atoms with Gasteiger partial charge in [-0.15, -0.1) is 0 Å². The summed E-state index contributed by atoms with van der Waals surface area (Å²) in [5.74, 6) is 1.24. The van der Waals surface area contributed by atoms with Crippen molar-refractivity contribution in [2.75, 3.05) is 13.2 Å². The molecule has 0 unspecified atom stereocenters. The summed E-state index contributed by atoms with van der Waals surface area (Å²) in [7, 11) is 0. The fraction of sp³-hybridized carbons (Fsp3) is 0.282. The lowest BCUT2D eigenvalue weighted by Gasteiger charge is -2.23. The van der Waals surface area contributed by atoms with Crippen LogP contribution in [-0.4, -0.2) is 46.1 Å². The Kier molecular flexibility index (Phi) is 5.89. The van der Waals surface area contributed by atoms with Crippen molar-refractivity contribution in [2.24, 2.45) is 9.98 Å². The van der Waals surface area contributed by atoms with Gasteiger partial charge in [0.25, 0.3) is 0 Å². The van der Waals surface area contributed by atoms with Crippen LogP contribution in [0.5, 0.6) is 0 Å². The molecule has 8 rings (SSSR count). The van der Waals surface area contributed by atoms with Crippen molar-refractivity contribution in [1.29, 1.82) is 0 Å². The van der Waals surface area contributed by atoms with Gasteiger partial charge in [0.05, 0.1) is 11.1 Å². The van der Waals surface area contributed by atoms with Crippen LogP contribution in [0.25, 0.3) is 44.2 Å². The Labute approximate surface area is 263 Å². The average molecular weight is 593 g/mol. The first-order chi connectivity index (χ1) is 21.5. The molecule has 0 fully saturated rings. The molecule has 224 valence electrons. The van der Waals surface area contributed by atoms with Gasteiger partial charge in [-0.3, -0.25) is 9.97 Å². The van der Waals surface area contributed by atoms with Gasteiger partial charge in [-0.05, 0) is 96.1 Å². The van der Waals surface area contributed by atoms with E-state index < -0.39 is 0 Å². The second-order valence-corrected chi connectivity index (χ2v) is 14.2. The molecule has 3 aromatic carbocycles. The van der Waals surface area contributed by atoms with E-state index in [4.69, 9.17) is 24.4 Å². The summed E-state index contributed by atoms with van der Waals surface area (Å²) in [4.78, 5) is 18.9. The highest BCUT2D eigenvalue weighted by Crippen LogP contribution is 2.53. The number of benzene rings is 3. The maximum Gasteiger partial charge on any atom is 0.236 e. The highest BCUT2D eigenvalue weighted by molar-refractivity contribution is 6.09. The van der Waals surface area contributed by atoms with Crippen LogP contribution in [0.2, 0.25) is 0 Å². The van der Waals surface area contributed by atoms with Crippen LogP contribution in [0, 0.1) is 0 Å². The van der Waals surface area contributed by atoms with E-state index in [1.807, 2.05) is 24.5 Å². The Morgan fingerprint density at radius 1 is 0.556 bits per heavy atom. The standard InChI is InChI=1S/C39H36N4O2/c1-37(2)21-44-35(42-37)32-15-12-24(19-40-32)23-11-14-28-30(17-23)39(5,6)31-18-29(26-9-7-8-10-27(26)34(28)31)25-13-16-33(41-20-25)36-43-38(3,4)22-45-36/h7-20H,21-22H2,1-6H3. The molecular formula is C39H36N4O2. The summed E-state index contributed by atoms with van der Waals surface area (Å²) in [5.41, 5.74) is 10.6. The van der Waals surface area contributed by atoms with E-state index in [1.165, 1.54) is 38.6 Å². The third-order valence-corrected chi connectivity index (χ3v) is 9.22. The molecule has 0 spiro atoms. The van der Waals surface area contributed by atoms with Gasteiger partial charge in [0.15, 0.2) is 0 Å². The molecule has 0 bridgehead atoms. The molecular weight excluding hydrogens is 556 g/mol. The predicted octanol–water partition coefficient (Wildman–Crippen LogP) is 8.38.